The molecule has 0 saturated heterocycles. The van der Waals surface area contributed by atoms with E-state index in [-0.39, 0.29) is 17.3 Å². The van der Waals surface area contributed by atoms with Gasteiger partial charge in [0.15, 0.2) is 17.3 Å². The number of nitrogens with zero attached hydrogens (tertiary/aromatic N) is 1. The smallest absolute Gasteiger partial charge is 0.292 e. The fourth-order valence-electron chi connectivity index (χ4n) is 1.89. The van der Waals surface area contributed by atoms with Gasteiger partial charge in [0, 0.05) is 16.8 Å². The molecule has 3 rings (SSSR count). The van der Waals surface area contributed by atoms with Gasteiger partial charge in [0.25, 0.3) is 5.91 Å². The van der Waals surface area contributed by atoms with Crippen LogP contribution < -0.4 is 5.32 Å². The molecule has 0 saturated carbocycles. The predicted octanol–water partition coefficient (Wildman–Crippen LogP) is 3.95. The number of carbonyl (C=O) groups is 1. The number of hydrogen-bond acceptors (Lipinski definition) is 4. The fourth-order valence-corrected chi connectivity index (χ4v) is 2.02. The zero-order valence-corrected chi connectivity index (χ0v) is 12.0. The number of aromatic nitrogens is 1. The van der Waals surface area contributed by atoms with Crippen molar-refractivity contribution in [2.45, 2.75) is 0 Å². The minimum absolute atomic E-state index is 0.0805. The Bertz CT molecular complexity index is 812. The number of pyridine rings is 1. The summed E-state index contributed by atoms with van der Waals surface area (Å²) in [5.74, 6) is 0.147. The highest BCUT2D eigenvalue weighted by atomic mass is 35.5. The number of benzene rings is 1. The molecule has 5 nitrogen and oxygen atoms in total. The number of amides is 1. The number of carbonyl (C=O) groups excluding carboxylic acids is 1. The van der Waals surface area contributed by atoms with Crippen molar-refractivity contribution in [1.29, 1.82) is 0 Å². The lowest BCUT2D eigenvalue weighted by molar-refractivity contribution is 0.0996. The van der Waals surface area contributed by atoms with Crippen LogP contribution in [0.15, 0.2) is 59.1 Å². The summed E-state index contributed by atoms with van der Waals surface area (Å²) in [4.78, 5) is 16.0. The quantitative estimate of drug-likeness (QED) is 0.767. The van der Waals surface area contributed by atoms with Crippen molar-refractivity contribution in [3.63, 3.8) is 0 Å². The maximum Gasteiger partial charge on any atom is 0.292 e. The molecular formula is C16H11ClN2O3. The number of aromatic hydroxyl groups is 1. The number of rotatable bonds is 3. The summed E-state index contributed by atoms with van der Waals surface area (Å²) in [6, 6.07) is 13.3. The Balaban J connectivity index is 1.80. The molecule has 0 radical (unpaired) electrons. The van der Waals surface area contributed by atoms with E-state index in [1.165, 1.54) is 12.3 Å². The van der Waals surface area contributed by atoms with Crippen molar-refractivity contribution >= 4 is 23.3 Å². The lowest BCUT2D eigenvalue weighted by atomic mass is 10.2. The van der Waals surface area contributed by atoms with Crippen LogP contribution in [0.2, 0.25) is 5.02 Å². The van der Waals surface area contributed by atoms with Gasteiger partial charge in [-0.1, -0.05) is 11.6 Å². The van der Waals surface area contributed by atoms with Gasteiger partial charge in [-0.05, 0) is 48.5 Å². The molecule has 1 amide bonds. The Labute approximate surface area is 131 Å². The normalized spacial score (nSPS) is 10.4. The van der Waals surface area contributed by atoms with E-state index in [0.29, 0.717) is 10.8 Å². The van der Waals surface area contributed by atoms with Crippen molar-refractivity contribution in [3.8, 4) is 17.1 Å². The van der Waals surface area contributed by atoms with Crippen LogP contribution in [-0.2, 0) is 0 Å². The van der Waals surface area contributed by atoms with Crippen molar-refractivity contribution in [3.05, 3.63) is 65.5 Å². The van der Waals surface area contributed by atoms with E-state index in [1.807, 2.05) is 0 Å². The summed E-state index contributed by atoms with van der Waals surface area (Å²) < 4.78 is 5.52. The Morgan fingerprint density at radius 3 is 2.64 bits per heavy atom. The number of furan rings is 1. The van der Waals surface area contributed by atoms with Gasteiger partial charge in [-0.25, -0.2) is 4.98 Å². The number of anilines is 1. The fraction of sp³-hybridized carbons (Fsp3) is 0. The Morgan fingerprint density at radius 2 is 1.91 bits per heavy atom. The van der Waals surface area contributed by atoms with Crippen molar-refractivity contribution < 1.29 is 14.3 Å². The largest absolute Gasteiger partial charge is 0.504 e. The third-order valence-corrected chi connectivity index (χ3v) is 3.23. The molecule has 0 aliphatic heterocycles. The number of nitrogens with one attached hydrogen (secondary N) is 1. The minimum Gasteiger partial charge on any atom is -0.504 e. The van der Waals surface area contributed by atoms with Gasteiger partial charge in [0.2, 0.25) is 0 Å². The summed E-state index contributed by atoms with van der Waals surface area (Å²) in [6.07, 6.45) is 1.47. The molecule has 22 heavy (non-hydrogen) atoms. The average Bonchev–Trinajstić information content (AvgIpc) is 3.00. The number of halogens is 1. The van der Waals surface area contributed by atoms with Gasteiger partial charge < -0.3 is 14.8 Å². The summed E-state index contributed by atoms with van der Waals surface area (Å²) >= 11 is 5.83. The van der Waals surface area contributed by atoms with Crippen molar-refractivity contribution in [2.75, 3.05) is 5.32 Å². The third kappa shape index (κ3) is 2.94. The first-order valence-corrected chi connectivity index (χ1v) is 6.82. The molecule has 110 valence electrons. The molecule has 6 heteroatoms. The first-order valence-electron chi connectivity index (χ1n) is 6.44. The zero-order chi connectivity index (χ0) is 15.5. The summed E-state index contributed by atoms with van der Waals surface area (Å²) in [6.45, 7) is 0. The molecule has 3 aromatic rings. The molecule has 2 N–H and O–H groups in total. The molecule has 0 atom stereocenters. The first-order chi connectivity index (χ1) is 10.6. The van der Waals surface area contributed by atoms with Gasteiger partial charge in [-0.3, -0.25) is 4.79 Å². The van der Waals surface area contributed by atoms with Gasteiger partial charge in [-0.15, -0.1) is 0 Å². The highest BCUT2D eigenvalue weighted by Crippen LogP contribution is 2.25. The van der Waals surface area contributed by atoms with Gasteiger partial charge >= 0.3 is 0 Å². The zero-order valence-electron chi connectivity index (χ0n) is 11.3. The molecule has 0 bridgehead atoms. The van der Waals surface area contributed by atoms with E-state index in [4.69, 9.17) is 16.0 Å². The maximum absolute atomic E-state index is 12.1. The standard InChI is InChI=1S/C16H11ClN2O3/c17-11-5-3-10(4-6-11)13-7-8-14(22-13)16(21)19-15-12(20)2-1-9-18-15/h1-9,20H,(H,18,19,21). The van der Waals surface area contributed by atoms with E-state index in [2.05, 4.69) is 10.3 Å². The molecule has 0 aliphatic carbocycles. The highest BCUT2D eigenvalue weighted by Gasteiger charge is 2.14. The van der Waals surface area contributed by atoms with Crippen LogP contribution in [0, 0.1) is 0 Å². The van der Waals surface area contributed by atoms with Crippen molar-refractivity contribution in [2.24, 2.45) is 0 Å². The monoisotopic (exact) mass is 314 g/mol. The SMILES string of the molecule is O=C(Nc1ncccc1O)c1ccc(-c2ccc(Cl)cc2)o1. The third-order valence-electron chi connectivity index (χ3n) is 2.98. The second-order valence-electron chi connectivity index (χ2n) is 4.50. The minimum atomic E-state index is -0.491. The van der Waals surface area contributed by atoms with E-state index >= 15 is 0 Å². The maximum atomic E-state index is 12.1. The average molecular weight is 315 g/mol. The predicted molar refractivity (Wildman–Crippen MR) is 83.0 cm³/mol. The second kappa shape index (κ2) is 5.91. The van der Waals surface area contributed by atoms with E-state index in [1.54, 1.807) is 42.5 Å². The lowest BCUT2D eigenvalue weighted by Gasteiger charge is -2.03. The lowest BCUT2D eigenvalue weighted by Crippen LogP contribution is -2.11. The molecule has 1 aromatic carbocycles. The van der Waals surface area contributed by atoms with Gasteiger partial charge in [0.05, 0.1) is 0 Å². The van der Waals surface area contributed by atoms with E-state index in [9.17, 15) is 9.90 Å². The summed E-state index contributed by atoms with van der Waals surface area (Å²) in [5.41, 5.74) is 0.809. The van der Waals surface area contributed by atoms with E-state index < -0.39 is 5.91 Å². The molecule has 0 aliphatic rings. The van der Waals surface area contributed by atoms with Crippen LogP contribution >= 0.6 is 11.6 Å². The van der Waals surface area contributed by atoms with Crippen LogP contribution in [-0.4, -0.2) is 16.0 Å². The summed E-state index contributed by atoms with van der Waals surface area (Å²) in [7, 11) is 0. The van der Waals surface area contributed by atoms with Crippen LogP contribution in [0.5, 0.6) is 5.75 Å². The molecule has 2 aromatic heterocycles. The Hall–Kier alpha value is -2.79. The van der Waals surface area contributed by atoms with E-state index in [0.717, 1.165) is 5.56 Å². The molecule has 0 spiro atoms. The van der Waals surface area contributed by atoms with Gasteiger partial charge in [0.1, 0.15) is 5.76 Å². The topological polar surface area (TPSA) is 75.4 Å². The van der Waals surface area contributed by atoms with Crippen LogP contribution in [0.3, 0.4) is 0 Å². The molecule has 0 fully saturated rings. The second-order valence-corrected chi connectivity index (χ2v) is 4.93. The van der Waals surface area contributed by atoms with Crippen LogP contribution in [0.1, 0.15) is 10.6 Å². The molecule has 0 unspecified atom stereocenters. The molecule has 2 heterocycles. The summed E-state index contributed by atoms with van der Waals surface area (Å²) in [5, 5.41) is 12.7. The first kappa shape index (κ1) is 14.2. The molecular weight excluding hydrogens is 304 g/mol. The number of hydrogen-bond donors (Lipinski definition) is 2. The Morgan fingerprint density at radius 1 is 1.14 bits per heavy atom. The van der Waals surface area contributed by atoms with Crippen molar-refractivity contribution in [1.82, 2.24) is 4.98 Å². The van der Waals surface area contributed by atoms with Crippen LogP contribution in [0.4, 0.5) is 5.82 Å². The van der Waals surface area contributed by atoms with Crippen LogP contribution in [0.25, 0.3) is 11.3 Å². The van der Waals surface area contributed by atoms with Gasteiger partial charge in [-0.2, -0.15) is 0 Å². The highest BCUT2D eigenvalue weighted by molar-refractivity contribution is 6.30. The Kier molecular flexibility index (Phi) is 3.80.